The second-order valence-electron chi connectivity index (χ2n) is 7.91. The molecule has 7 nitrogen and oxygen atoms in total. The van der Waals surface area contributed by atoms with E-state index >= 15 is 0 Å². The number of nitrogens with zero attached hydrogens (tertiary/aromatic N) is 3. The number of pyridine rings is 1. The largest absolute Gasteiger partial charge is 0.355 e. The summed E-state index contributed by atoms with van der Waals surface area (Å²) < 4.78 is 0. The van der Waals surface area contributed by atoms with Crippen LogP contribution in [0.1, 0.15) is 35.6 Å². The first-order chi connectivity index (χ1) is 16.7. The van der Waals surface area contributed by atoms with E-state index in [0.717, 1.165) is 53.3 Å². The summed E-state index contributed by atoms with van der Waals surface area (Å²) in [5.41, 5.74) is 4.89. The Labute approximate surface area is 199 Å². The van der Waals surface area contributed by atoms with Crippen LogP contribution in [0.3, 0.4) is 0 Å². The lowest BCUT2D eigenvalue weighted by Gasteiger charge is -2.18. The number of fused-ring (bicyclic) bond motifs is 1. The molecule has 1 amide bonds. The van der Waals surface area contributed by atoms with Crippen molar-refractivity contribution in [2.45, 2.75) is 13.8 Å². The molecular weight excluding hydrogens is 424 g/mol. The zero-order valence-corrected chi connectivity index (χ0v) is 19.6. The van der Waals surface area contributed by atoms with Gasteiger partial charge in [-0.25, -0.2) is 0 Å². The highest BCUT2D eigenvalue weighted by Gasteiger charge is 2.12. The monoisotopic (exact) mass is 454 g/mol. The van der Waals surface area contributed by atoms with E-state index in [1.807, 2.05) is 72.8 Å². The van der Waals surface area contributed by atoms with Crippen molar-refractivity contribution in [2.24, 2.45) is 0 Å². The molecule has 2 aromatic heterocycles. The average molecular weight is 455 g/mol. The lowest BCUT2D eigenvalue weighted by atomic mass is 10.1. The summed E-state index contributed by atoms with van der Waals surface area (Å²) in [4.78, 5) is 19.4. The first-order valence-corrected chi connectivity index (χ1v) is 11.6. The van der Waals surface area contributed by atoms with Crippen LogP contribution < -0.4 is 10.6 Å². The van der Waals surface area contributed by atoms with Crippen LogP contribution in [0.15, 0.2) is 66.9 Å². The summed E-state index contributed by atoms with van der Waals surface area (Å²) in [6.07, 6.45) is 5.66. The van der Waals surface area contributed by atoms with Gasteiger partial charge in [0.25, 0.3) is 5.91 Å². The van der Waals surface area contributed by atoms with Gasteiger partial charge in [-0.2, -0.15) is 5.10 Å². The Morgan fingerprint density at radius 1 is 1.03 bits per heavy atom. The van der Waals surface area contributed by atoms with Crippen LogP contribution >= 0.6 is 0 Å². The smallest absolute Gasteiger partial charge is 0.253 e. The normalized spacial score (nSPS) is 11.4. The SMILES string of the molecule is CCN(CC)CCNC(=O)c1ccccc1Nc1ccc2c(/C=C/c3ccccn3)n[nH]c2c1. The van der Waals surface area contributed by atoms with Gasteiger partial charge in [0, 0.05) is 30.4 Å². The van der Waals surface area contributed by atoms with Gasteiger partial charge in [-0.3, -0.25) is 14.9 Å². The van der Waals surface area contributed by atoms with Crippen molar-refractivity contribution >= 4 is 40.3 Å². The topological polar surface area (TPSA) is 85.9 Å². The molecule has 0 atom stereocenters. The molecule has 2 heterocycles. The predicted octanol–water partition coefficient (Wildman–Crippen LogP) is 4.94. The number of benzene rings is 2. The predicted molar refractivity (Wildman–Crippen MR) is 139 cm³/mol. The third kappa shape index (κ3) is 5.68. The summed E-state index contributed by atoms with van der Waals surface area (Å²) in [6, 6.07) is 19.4. The van der Waals surface area contributed by atoms with Crippen LogP contribution in [0.2, 0.25) is 0 Å². The minimum Gasteiger partial charge on any atom is -0.355 e. The number of carbonyl (C=O) groups excluding carboxylic acids is 1. The van der Waals surface area contributed by atoms with Gasteiger partial charge in [-0.15, -0.1) is 0 Å². The molecule has 0 aliphatic heterocycles. The molecule has 0 saturated heterocycles. The summed E-state index contributed by atoms with van der Waals surface area (Å²) in [5, 5.41) is 15.0. The molecule has 0 saturated carbocycles. The van der Waals surface area contributed by atoms with Crippen molar-refractivity contribution in [3.8, 4) is 0 Å². The highest BCUT2D eigenvalue weighted by molar-refractivity contribution is 6.00. The number of nitrogens with one attached hydrogen (secondary N) is 3. The summed E-state index contributed by atoms with van der Waals surface area (Å²) in [7, 11) is 0. The molecule has 0 unspecified atom stereocenters. The number of likely N-dealkylation sites (N-methyl/N-ethyl adjacent to an activating group) is 1. The highest BCUT2D eigenvalue weighted by Crippen LogP contribution is 2.26. The quantitative estimate of drug-likeness (QED) is 0.316. The highest BCUT2D eigenvalue weighted by atomic mass is 16.1. The maximum absolute atomic E-state index is 12.8. The zero-order chi connectivity index (χ0) is 23.8. The number of aromatic amines is 1. The van der Waals surface area contributed by atoms with Gasteiger partial charge in [-0.05, 0) is 67.7 Å². The molecule has 2 aromatic carbocycles. The fourth-order valence-corrected chi connectivity index (χ4v) is 3.79. The van der Waals surface area contributed by atoms with E-state index in [4.69, 9.17) is 0 Å². The number of rotatable bonds is 10. The second-order valence-corrected chi connectivity index (χ2v) is 7.91. The molecule has 174 valence electrons. The lowest BCUT2D eigenvalue weighted by Crippen LogP contribution is -2.35. The number of carbonyl (C=O) groups is 1. The molecule has 0 radical (unpaired) electrons. The Morgan fingerprint density at radius 2 is 1.85 bits per heavy atom. The molecule has 0 aliphatic carbocycles. The van der Waals surface area contributed by atoms with Gasteiger partial charge in [0.15, 0.2) is 0 Å². The number of anilines is 2. The maximum atomic E-state index is 12.8. The van der Waals surface area contributed by atoms with Crippen LogP contribution in [0.4, 0.5) is 11.4 Å². The molecule has 7 heteroatoms. The maximum Gasteiger partial charge on any atom is 0.253 e. The third-order valence-corrected chi connectivity index (χ3v) is 5.75. The second kappa shape index (κ2) is 11.2. The van der Waals surface area contributed by atoms with Gasteiger partial charge in [-0.1, -0.05) is 32.0 Å². The van der Waals surface area contributed by atoms with Gasteiger partial charge in [0.2, 0.25) is 0 Å². The summed E-state index contributed by atoms with van der Waals surface area (Å²) >= 11 is 0. The molecule has 4 aromatic rings. The van der Waals surface area contributed by atoms with Crippen molar-refractivity contribution < 1.29 is 4.79 Å². The van der Waals surface area contributed by atoms with E-state index in [-0.39, 0.29) is 5.91 Å². The molecule has 0 fully saturated rings. The van der Waals surface area contributed by atoms with Crippen molar-refractivity contribution in [3.05, 3.63) is 83.8 Å². The average Bonchev–Trinajstić information content (AvgIpc) is 3.28. The Balaban J connectivity index is 1.47. The number of hydrogen-bond donors (Lipinski definition) is 3. The van der Waals surface area contributed by atoms with E-state index in [9.17, 15) is 4.79 Å². The fourth-order valence-electron chi connectivity index (χ4n) is 3.79. The van der Waals surface area contributed by atoms with Crippen molar-refractivity contribution in [1.29, 1.82) is 0 Å². The first kappa shape index (κ1) is 23.2. The summed E-state index contributed by atoms with van der Waals surface area (Å²) in [6.45, 7) is 7.65. The Morgan fingerprint density at radius 3 is 2.65 bits per heavy atom. The van der Waals surface area contributed by atoms with Crippen LogP contribution in [-0.2, 0) is 0 Å². The van der Waals surface area contributed by atoms with Gasteiger partial charge >= 0.3 is 0 Å². The fraction of sp³-hybridized carbons (Fsp3) is 0.222. The number of amides is 1. The number of H-pyrrole nitrogens is 1. The number of aromatic nitrogens is 3. The van der Waals surface area contributed by atoms with E-state index in [0.29, 0.717) is 12.1 Å². The lowest BCUT2D eigenvalue weighted by molar-refractivity contribution is 0.0949. The van der Waals surface area contributed by atoms with Gasteiger partial charge in [0.1, 0.15) is 0 Å². The van der Waals surface area contributed by atoms with Gasteiger partial charge in [0.05, 0.1) is 28.2 Å². The Kier molecular flexibility index (Phi) is 7.67. The Bertz CT molecular complexity index is 1260. The van der Waals surface area contributed by atoms with Crippen LogP contribution in [-0.4, -0.2) is 52.2 Å². The van der Waals surface area contributed by atoms with E-state index in [1.54, 1.807) is 6.20 Å². The molecule has 0 aliphatic rings. The Hall–Kier alpha value is -3.97. The first-order valence-electron chi connectivity index (χ1n) is 11.6. The van der Waals surface area contributed by atoms with Gasteiger partial charge < -0.3 is 15.5 Å². The van der Waals surface area contributed by atoms with E-state index in [1.165, 1.54) is 0 Å². The number of hydrogen-bond acceptors (Lipinski definition) is 5. The minimum atomic E-state index is -0.0835. The molecule has 34 heavy (non-hydrogen) atoms. The molecule has 0 bridgehead atoms. The molecule has 4 rings (SSSR count). The third-order valence-electron chi connectivity index (χ3n) is 5.75. The number of para-hydroxylation sites is 1. The zero-order valence-electron chi connectivity index (χ0n) is 19.6. The van der Waals surface area contributed by atoms with Crippen LogP contribution in [0.25, 0.3) is 23.1 Å². The van der Waals surface area contributed by atoms with E-state index < -0.39 is 0 Å². The van der Waals surface area contributed by atoms with Crippen LogP contribution in [0, 0.1) is 0 Å². The molecular formula is C27H30N6O. The van der Waals surface area contributed by atoms with Crippen LogP contribution in [0.5, 0.6) is 0 Å². The van der Waals surface area contributed by atoms with Crippen molar-refractivity contribution in [2.75, 3.05) is 31.5 Å². The molecule has 0 spiro atoms. The minimum absolute atomic E-state index is 0.0835. The van der Waals surface area contributed by atoms with Crippen molar-refractivity contribution in [3.63, 3.8) is 0 Å². The standard InChI is InChI=1S/C27H30N6O/c1-3-33(4-2)18-17-29-27(34)23-10-5-6-11-24(23)30-21-12-14-22-25(31-32-26(22)19-21)15-13-20-9-7-8-16-28-20/h5-16,19,30H,3-4,17-18H2,1-2H3,(H,29,34)(H,31,32)/b15-13+. The molecule has 3 N–H and O–H groups in total. The van der Waals surface area contributed by atoms with Crippen molar-refractivity contribution in [1.82, 2.24) is 25.4 Å². The van der Waals surface area contributed by atoms with E-state index in [2.05, 4.69) is 44.6 Å². The summed E-state index contributed by atoms with van der Waals surface area (Å²) in [5.74, 6) is -0.0835.